The van der Waals surface area contributed by atoms with E-state index in [-0.39, 0.29) is 146 Å². The summed E-state index contributed by atoms with van der Waals surface area (Å²) in [5.41, 5.74) is 25.9. The Morgan fingerprint density at radius 1 is 0.752 bits per heavy atom. The number of hydrogen-bond acceptors (Lipinski definition) is 30. The number of aromatic nitrogens is 8. The number of fused-ring (bicyclic) bond motifs is 5. The van der Waals surface area contributed by atoms with Crippen molar-refractivity contribution in [3.05, 3.63) is 126 Å². The largest absolute Gasteiger partial charge is 0.459 e. The van der Waals surface area contributed by atoms with Crippen molar-refractivity contribution in [3.63, 3.8) is 0 Å². The van der Waals surface area contributed by atoms with Gasteiger partial charge >= 0.3 is 12.1 Å². The number of hydrogen-bond donors (Lipinski definition) is 10. The number of aliphatic hydroxyl groups is 3. The number of ether oxygens (including phenoxy) is 10. The van der Waals surface area contributed by atoms with Gasteiger partial charge in [0.05, 0.1) is 113 Å². The van der Waals surface area contributed by atoms with Gasteiger partial charge in [-0.15, -0.1) is 5.10 Å². The molecular weight excluding hydrogens is 1670 g/mol. The first-order valence-electron chi connectivity index (χ1n) is 45.0. The quantitative estimate of drug-likeness (QED) is 0.00443. The Morgan fingerprint density at radius 3 is 2.19 bits per heavy atom. The molecule has 1 aliphatic carbocycles. The highest BCUT2D eigenvalue weighted by molar-refractivity contribution is 6.39. The lowest BCUT2D eigenvalue weighted by molar-refractivity contribution is -0.245. The van der Waals surface area contributed by atoms with E-state index in [9.17, 15) is 44.1 Å². The van der Waals surface area contributed by atoms with Gasteiger partial charge < -0.3 is 111 Å². The van der Waals surface area contributed by atoms with Crippen molar-refractivity contribution in [3.8, 4) is 11.4 Å². The summed E-state index contributed by atoms with van der Waals surface area (Å²) < 4.78 is 61.5. The highest BCUT2D eigenvalue weighted by Crippen LogP contribution is 2.39. The van der Waals surface area contributed by atoms with Crippen molar-refractivity contribution in [1.82, 2.24) is 60.6 Å². The SMILES string of the molecule is CO[C@H]1C[C@@H]2CCC[C@@](O)(O2)C(=O)C(=O)N2CCCC[C@H]2C(=O)O[C@H]([C@H](N)C[C@@H]2CC[C@H](n3cc(COC(=O)NCCOCCOCCOCCC(=O)NCCOCCOCCC(=O)NCCCCn4nc(-c5cc6cc(N)ccc6[nH]5)c5c(N)ncnc54)nn3)[C@H](OC)C2)C/C(=N/OCc2ccccc2)[C@H](C)/C=C(\C)[C@@H](O)[C@@H](O)C(=O)[C@H](C)C[C@H](C)/C=C/C=CC=C1C. The average molecular weight is 1800 g/mol. The molecule has 2 saturated heterocycles. The maximum Gasteiger partial charge on any atom is 0.407 e. The first-order chi connectivity index (χ1) is 62.3. The fourth-order valence-electron chi connectivity index (χ4n) is 16.5. The number of carbonyl (C=O) groups excluding carboxylic acids is 7. The van der Waals surface area contributed by atoms with Gasteiger partial charge in [-0.25, -0.2) is 28.9 Å². The van der Waals surface area contributed by atoms with Gasteiger partial charge in [0.1, 0.15) is 61.1 Å². The van der Waals surface area contributed by atoms with Crippen LogP contribution in [0.3, 0.4) is 0 Å². The molecule has 3 fully saturated rings. The molecule has 129 heavy (non-hydrogen) atoms. The number of ketones is 2. The highest BCUT2D eigenvalue weighted by atomic mass is 16.6. The summed E-state index contributed by atoms with van der Waals surface area (Å²) in [6.45, 7) is 13.0. The van der Waals surface area contributed by atoms with E-state index in [0.29, 0.717) is 137 Å². The first-order valence-corrected chi connectivity index (χ1v) is 45.0. The second-order valence-electron chi connectivity index (χ2n) is 33.7. The number of aryl methyl sites for hydroxylation is 1. The lowest BCUT2D eigenvalue weighted by Gasteiger charge is -2.40. The van der Waals surface area contributed by atoms with E-state index in [0.717, 1.165) is 40.6 Å². The molecule has 3 aliphatic heterocycles. The lowest BCUT2D eigenvalue weighted by Crippen LogP contribution is -2.58. The molecule has 37 nitrogen and oxygen atoms in total. The Bertz CT molecular complexity index is 4750. The molecule has 6 aromatic rings. The van der Waals surface area contributed by atoms with Crippen molar-refractivity contribution in [2.24, 2.45) is 34.6 Å². The summed E-state index contributed by atoms with van der Waals surface area (Å²) in [4.78, 5) is 115. The van der Waals surface area contributed by atoms with Crippen LogP contribution >= 0.6 is 0 Å². The number of carbonyl (C=O) groups is 7. The van der Waals surface area contributed by atoms with Crippen LogP contribution in [0.2, 0.25) is 0 Å². The van der Waals surface area contributed by atoms with Gasteiger partial charge in [0.25, 0.3) is 11.7 Å². The van der Waals surface area contributed by atoms with E-state index in [4.69, 9.17) is 74.5 Å². The molecule has 13 N–H and O–H groups in total. The second-order valence-corrected chi connectivity index (χ2v) is 33.7. The van der Waals surface area contributed by atoms with Crippen molar-refractivity contribution in [1.29, 1.82) is 0 Å². The van der Waals surface area contributed by atoms with Gasteiger partial charge in [0.2, 0.25) is 17.6 Å². The number of nitrogens with zero attached hydrogens (tertiary/aromatic N) is 9. The topological polar surface area (TPSA) is 502 Å². The van der Waals surface area contributed by atoms with Gasteiger partial charge in [-0.2, -0.15) is 5.10 Å². The van der Waals surface area contributed by atoms with Crippen LogP contribution in [0.4, 0.5) is 16.3 Å². The number of nitrogens with one attached hydrogen (secondary N) is 4. The fourth-order valence-corrected chi connectivity index (χ4v) is 16.5. The van der Waals surface area contributed by atoms with Crippen LogP contribution in [0.5, 0.6) is 0 Å². The number of Topliss-reactive ketones (excluding diaryl/α,β-unsaturated/α-hetero) is 2. The second kappa shape index (κ2) is 51.9. The predicted octanol–water partition coefficient (Wildman–Crippen LogP) is 7.70. The van der Waals surface area contributed by atoms with Crippen LogP contribution in [0.25, 0.3) is 33.3 Å². The molecule has 706 valence electrons. The summed E-state index contributed by atoms with van der Waals surface area (Å²) in [5.74, 6) is -7.55. The molecule has 14 atom stereocenters. The Morgan fingerprint density at radius 2 is 1.47 bits per heavy atom. The van der Waals surface area contributed by atoms with Gasteiger partial charge in [-0.05, 0) is 144 Å². The molecule has 4 aromatic heterocycles. The number of esters is 1. The van der Waals surface area contributed by atoms with Crippen LogP contribution in [0.15, 0.2) is 120 Å². The highest BCUT2D eigenvalue weighted by Gasteiger charge is 2.50. The zero-order chi connectivity index (χ0) is 92.2. The number of oxime groups is 1. The van der Waals surface area contributed by atoms with Gasteiger partial charge in [0, 0.05) is 114 Å². The van der Waals surface area contributed by atoms with E-state index in [1.165, 1.54) is 11.2 Å². The zero-order valence-electron chi connectivity index (χ0n) is 75.3. The number of alkyl carbamates (subject to hydrolysis) is 1. The van der Waals surface area contributed by atoms with Crippen molar-refractivity contribution in [2.75, 3.05) is 118 Å². The van der Waals surface area contributed by atoms with E-state index in [1.54, 1.807) is 51.9 Å². The molecule has 37 heteroatoms. The number of amides is 4. The third kappa shape index (κ3) is 30.9. The summed E-state index contributed by atoms with van der Waals surface area (Å²) in [6.07, 6.45) is 13.6. The van der Waals surface area contributed by atoms with Crippen molar-refractivity contribution >= 4 is 80.5 Å². The van der Waals surface area contributed by atoms with E-state index < -0.39 is 95.9 Å². The lowest BCUT2D eigenvalue weighted by atomic mass is 9.79. The smallest absolute Gasteiger partial charge is 0.407 e. The molecule has 0 unspecified atom stereocenters. The number of H-pyrrole nitrogens is 1. The predicted molar refractivity (Wildman–Crippen MR) is 480 cm³/mol. The number of nitrogen functional groups attached to an aromatic ring is 2. The number of rotatable bonds is 38. The number of piperidine rings is 1. The monoisotopic (exact) mass is 1800 g/mol. The minimum atomic E-state index is -2.47. The van der Waals surface area contributed by atoms with Crippen molar-refractivity contribution < 1.29 is 101 Å². The van der Waals surface area contributed by atoms with Crippen molar-refractivity contribution in [2.45, 2.75) is 224 Å². The zero-order valence-corrected chi connectivity index (χ0v) is 75.3. The maximum absolute atomic E-state index is 15.1. The Balaban J connectivity index is 0.615. The molecule has 0 radical (unpaired) electrons. The van der Waals surface area contributed by atoms with Gasteiger partial charge in [0.15, 0.2) is 11.4 Å². The summed E-state index contributed by atoms with van der Waals surface area (Å²) >= 11 is 0. The van der Waals surface area contributed by atoms with Crippen LogP contribution < -0.4 is 33.2 Å². The first kappa shape index (κ1) is 101. The van der Waals surface area contributed by atoms with Crippen LogP contribution in [0, 0.1) is 23.7 Å². The van der Waals surface area contributed by atoms with E-state index >= 15 is 4.79 Å². The number of allylic oxidation sites excluding steroid dienone is 6. The minimum Gasteiger partial charge on any atom is -0.459 e. The van der Waals surface area contributed by atoms with Gasteiger partial charge in [-0.3, -0.25) is 24.0 Å². The standard InChI is InChI=1S/C92H132N16O21/c1-59-19-10-8-11-20-60(2)76(119-6)53-69-23-18-31-92(118,129-69)86(114)89(115)106-35-16-14-24-75(106)90(116)128-77(54-72(104-127-56-64-21-12-9-13-22-64)61(3)48-63(5)84(112)85(113)83(111)62(4)47-59)70(94)49-65-25-28-74(78(50-65)120-7)108-55-68(102-105-108)57-126-91(117)98-34-40-124-44-46-125-45-42-122-38-30-80(110)97-33-39-123-43-41-121-37-29-79(109)96-32-15-17-36-107-88-81(87(95)99-58-100-88)82(103-107)73-52-66-51-67(93)26-27-71(66)101-73/h8-13,19-22,26-27,48,51-52,55,58-59,61-62,65,69-70,74-78,84-85,101,112-113,118H,14-18,23-25,28-47,49-50,53-54,56-57,93-94H2,1-7H3,(H,96,109)(H,97,110)(H,98,117)(H2,95,99,100)/b11-8?,19-10+,60-20?,63-48+,104-72-/t59-,61-,62-,65+,69+,70-,74+,75+,76+,77+,78-,84-,85+,92-/m1/s1. The molecule has 7 heterocycles. The fraction of sp³-hybridized carbons (Fsp3) is 0.598. The Kier molecular flexibility index (Phi) is 40.6. The molecule has 2 bridgehead atoms. The third-order valence-corrected chi connectivity index (χ3v) is 23.7. The average Bonchev–Trinajstić information content (AvgIpc) is 1.48. The Labute approximate surface area is 752 Å². The number of aliphatic hydroxyl groups excluding tert-OH is 2. The molecule has 4 amide bonds. The number of methoxy groups -OCH3 is 2. The number of anilines is 2. The number of unbranched alkanes of at least 4 members (excludes halogenated alkanes) is 1. The summed E-state index contributed by atoms with van der Waals surface area (Å²) in [6, 6.07) is 14.5. The molecule has 0 spiro atoms. The van der Waals surface area contributed by atoms with E-state index in [2.05, 4.69) is 46.4 Å². The van der Waals surface area contributed by atoms with Crippen LogP contribution in [-0.2, 0) is 101 Å². The Hall–Kier alpha value is -10.3. The number of aromatic amines is 1. The van der Waals surface area contributed by atoms with Gasteiger partial charge in [-0.1, -0.05) is 97.9 Å². The minimum absolute atomic E-state index is 0.0185. The summed E-state index contributed by atoms with van der Waals surface area (Å²) in [5, 5.41) is 63.4. The third-order valence-electron chi connectivity index (χ3n) is 23.7. The number of cyclic esters (lactones) is 1. The molecule has 4 aliphatic rings. The van der Waals surface area contributed by atoms with Crippen LogP contribution in [-0.4, -0.2) is 268 Å². The number of benzene rings is 2. The van der Waals surface area contributed by atoms with E-state index in [1.807, 2.05) is 104 Å². The molecular formula is C92H132N16O21. The number of nitrogens with two attached hydrogens (primary N) is 3. The normalized spacial score (nSPS) is 25.2. The molecule has 1 saturated carbocycles. The summed E-state index contributed by atoms with van der Waals surface area (Å²) in [7, 11) is 3.16. The van der Waals surface area contributed by atoms with Crippen LogP contribution in [0.1, 0.15) is 161 Å². The maximum atomic E-state index is 15.1. The molecule has 2 aromatic carbocycles. The molecule has 10 rings (SSSR count).